The number of anilines is 1. The summed E-state index contributed by atoms with van der Waals surface area (Å²) in [4.78, 5) is 15.1. The Labute approximate surface area is 121 Å². The lowest BCUT2D eigenvalue weighted by molar-refractivity contribution is -0.389. The van der Waals surface area contributed by atoms with Crippen LogP contribution in [0.4, 0.5) is 11.6 Å². The van der Waals surface area contributed by atoms with Gasteiger partial charge in [0.25, 0.3) is 0 Å². The third-order valence-corrected chi connectivity index (χ3v) is 3.23. The van der Waals surface area contributed by atoms with E-state index in [4.69, 9.17) is 0 Å². The van der Waals surface area contributed by atoms with Gasteiger partial charge in [-0.1, -0.05) is 36.4 Å². The minimum Gasteiger partial charge on any atom is -0.363 e. The molecule has 2 heterocycles. The van der Waals surface area contributed by atoms with Crippen LogP contribution in [0, 0.1) is 10.1 Å². The fourth-order valence-corrected chi connectivity index (χ4v) is 2.25. The zero-order valence-electron chi connectivity index (χ0n) is 11.3. The standard InChI is InChI=1S/C15H14N4O2/c20-19(21)15-14(17-13-8-4-5-11-18(13)15)16-10-9-12-6-2-1-3-7-12/h1-8,11,16H,9-10H2. The zero-order valence-corrected chi connectivity index (χ0v) is 11.3. The molecule has 0 unspecified atom stereocenters. The van der Waals surface area contributed by atoms with E-state index in [9.17, 15) is 10.1 Å². The van der Waals surface area contributed by atoms with Crippen LogP contribution in [-0.2, 0) is 6.42 Å². The van der Waals surface area contributed by atoms with Gasteiger partial charge in [-0.05, 0) is 23.0 Å². The van der Waals surface area contributed by atoms with Crippen LogP contribution in [0.1, 0.15) is 5.56 Å². The molecule has 1 N–H and O–H groups in total. The molecule has 0 radical (unpaired) electrons. The summed E-state index contributed by atoms with van der Waals surface area (Å²) in [5, 5.41) is 14.3. The SMILES string of the molecule is O=[N+]([O-])c1c(NCCc2ccccc2)nc2ccccn12. The van der Waals surface area contributed by atoms with Crippen LogP contribution < -0.4 is 5.32 Å². The summed E-state index contributed by atoms with van der Waals surface area (Å²) < 4.78 is 1.48. The third kappa shape index (κ3) is 2.69. The highest BCUT2D eigenvalue weighted by Crippen LogP contribution is 2.25. The van der Waals surface area contributed by atoms with Crippen molar-refractivity contribution in [3.63, 3.8) is 0 Å². The summed E-state index contributed by atoms with van der Waals surface area (Å²) in [7, 11) is 0. The van der Waals surface area contributed by atoms with Crippen molar-refractivity contribution in [2.75, 3.05) is 11.9 Å². The molecule has 0 aliphatic carbocycles. The Bertz CT molecular complexity index is 768. The minimum absolute atomic E-state index is 0.0290. The van der Waals surface area contributed by atoms with Gasteiger partial charge in [0, 0.05) is 12.6 Å². The number of fused-ring (bicyclic) bond motifs is 1. The topological polar surface area (TPSA) is 72.5 Å². The first kappa shape index (κ1) is 13.1. The lowest BCUT2D eigenvalue weighted by atomic mass is 10.1. The van der Waals surface area contributed by atoms with Crippen molar-refractivity contribution in [3.05, 3.63) is 70.4 Å². The summed E-state index contributed by atoms with van der Waals surface area (Å²) in [6.45, 7) is 0.592. The molecule has 0 spiro atoms. The molecule has 0 atom stereocenters. The van der Waals surface area contributed by atoms with Gasteiger partial charge < -0.3 is 15.4 Å². The number of aromatic nitrogens is 2. The van der Waals surface area contributed by atoms with Gasteiger partial charge in [0.1, 0.15) is 0 Å². The van der Waals surface area contributed by atoms with Gasteiger partial charge in [-0.2, -0.15) is 9.38 Å². The number of imidazole rings is 1. The highest BCUT2D eigenvalue weighted by atomic mass is 16.6. The van der Waals surface area contributed by atoms with Crippen molar-refractivity contribution in [2.24, 2.45) is 0 Å². The predicted molar refractivity (Wildman–Crippen MR) is 80.5 cm³/mol. The number of hydrogen-bond acceptors (Lipinski definition) is 4. The smallest absolute Gasteiger partial charge is 0.363 e. The Hall–Kier alpha value is -2.89. The van der Waals surface area contributed by atoms with Gasteiger partial charge >= 0.3 is 5.82 Å². The van der Waals surface area contributed by atoms with E-state index in [1.54, 1.807) is 24.4 Å². The number of rotatable bonds is 5. The first-order valence-electron chi connectivity index (χ1n) is 6.65. The number of pyridine rings is 1. The maximum atomic E-state index is 11.2. The number of nitrogens with one attached hydrogen (secondary N) is 1. The van der Waals surface area contributed by atoms with Crippen LogP contribution >= 0.6 is 0 Å². The van der Waals surface area contributed by atoms with Gasteiger partial charge in [0.2, 0.25) is 11.5 Å². The number of nitrogens with zero attached hydrogens (tertiary/aromatic N) is 3. The molecule has 0 aliphatic rings. The molecule has 0 fully saturated rings. The third-order valence-electron chi connectivity index (χ3n) is 3.23. The van der Waals surface area contributed by atoms with Crippen molar-refractivity contribution in [1.82, 2.24) is 9.38 Å². The average Bonchev–Trinajstić information content (AvgIpc) is 2.86. The first-order valence-corrected chi connectivity index (χ1v) is 6.65. The second kappa shape index (κ2) is 5.62. The molecule has 3 aromatic rings. The zero-order chi connectivity index (χ0) is 14.7. The fourth-order valence-electron chi connectivity index (χ4n) is 2.25. The normalized spacial score (nSPS) is 10.7. The van der Waals surface area contributed by atoms with Gasteiger partial charge in [-0.25, -0.2) is 0 Å². The largest absolute Gasteiger partial charge is 0.372 e. The quantitative estimate of drug-likeness (QED) is 0.577. The average molecular weight is 282 g/mol. The maximum Gasteiger partial charge on any atom is 0.372 e. The number of benzene rings is 1. The molecule has 1 aromatic carbocycles. The molecular formula is C15H14N4O2. The van der Waals surface area contributed by atoms with Crippen molar-refractivity contribution in [3.8, 4) is 0 Å². The molecule has 3 rings (SSSR count). The Morgan fingerprint density at radius 3 is 2.67 bits per heavy atom. The molecule has 6 heteroatoms. The molecular weight excluding hydrogens is 268 g/mol. The molecule has 0 saturated heterocycles. The van der Waals surface area contributed by atoms with Crippen LogP contribution in [-0.4, -0.2) is 20.9 Å². The second-order valence-electron chi connectivity index (χ2n) is 4.63. The molecule has 0 saturated carbocycles. The van der Waals surface area contributed by atoms with Crippen molar-refractivity contribution < 1.29 is 4.92 Å². The van der Waals surface area contributed by atoms with E-state index < -0.39 is 4.92 Å². The van der Waals surface area contributed by atoms with E-state index in [0.29, 0.717) is 18.0 Å². The summed E-state index contributed by atoms with van der Waals surface area (Å²) in [6.07, 6.45) is 2.43. The van der Waals surface area contributed by atoms with Crippen molar-refractivity contribution in [2.45, 2.75) is 6.42 Å². The molecule has 2 aromatic heterocycles. The maximum absolute atomic E-state index is 11.2. The van der Waals surface area contributed by atoms with E-state index in [0.717, 1.165) is 6.42 Å². The Morgan fingerprint density at radius 2 is 1.90 bits per heavy atom. The summed E-state index contributed by atoms with van der Waals surface area (Å²) in [6, 6.07) is 15.3. The van der Waals surface area contributed by atoms with E-state index >= 15 is 0 Å². The van der Waals surface area contributed by atoms with Gasteiger partial charge in [-0.3, -0.25) is 0 Å². The first-order chi connectivity index (χ1) is 10.3. The second-order valence-corrected chi connectivity index (χ2v) is 4.63. The van der Waals surface area contributed by atoms with Crippen molar-refractivity contribution >= 4 is 17.3 Å². The molecule has 6 nitrogen and oxygen atoms in total. The van der Waals surface area contributed by atoms with Crippen LogP contribution in [0.15, 0.2) is 54.7 Å². The van der Waals surface area contributed by atoms with Crippen molar-refractivity contribution in [1.29, 1.82) is 0 Å². The van der Waals surface area contributed by atoms with Gasteiger partial charge in [0.15, 0.2) is 0 Å². The van der Waals surface area contributed by atoms with Crippen LogP contribution in [0.25, 0.3) is 5.65 Å². The monoisotopic (exact) mass is 282 g/mol. The van der Waals surface area contributed by atoms with Crippen LogP contribution in [0.5, 0.6) is 0 Å². The molecule has 21 heavy (non-hydrogen) atoms. The summed E-state index contributed by atoms with van der Waals surface area (Å²) in [5.74, 6) is 0.279. The Morgan fingerprint density at radius 1 is 1.14 bits per heavy atom. The molecule has 106 valence electrons. The number of nitro groups is 1. The lowest BCUT2D eigenvalue weighted by Crippen LogP contribution is -2.07. The van der Waals surface area contributed by atoms with Crippen LogP contribution in [0.3, 0.4) is 0 Å². The van der Waals surface area contributed by atoms with E-state index in [1.165, 1.54) is 9.96 Å². The van der Waals surface area contributed by atoms with Crippen LogP contribution in [0.2, 0.25) is 0 Å². The van der Waals surface area contributed by atoms with E-state index in [1.807, 2.05) is 30.3 Å². The Balaban J connectivity index is 1.80. The van der Waals surface area contributed by atoms with Gasteiger partial charge in [-0.15, -0.1) is 0 Å². The molecule has 0 bridgehead atoms. The molecule has 0 amide bonds. The molecule has 0 aliphatic heterocycles. The summed E-state index contributed by atoms with van der Waals surface area (Å²) in [5.41, 5.74) is 1.74. The predicted octanol–water partition coefficient (Wildman–Crippen LogP) is 2.90. The lowest BCUT2D eigenvalue weighted by Gasteiger charge is -2.03. The van der Waals surface area contributed by atoms with E-state index in [-0.39, 0.29) is 5.82 Å². The highest BCUT2D eigenvalue weighted by molar-refractivity contribution is 5.62. The Kier molecular flexibility index (Phi) is 3.51. The fraction of sp³-hybridized carbons (Fsp3) is 0.133. The highest BCUT2D eigenvalue weighted by Gasteiger charge is 2.21. The van der Waals surface area contributed by atoms with Gasteiger partial charge in [0.05, 0.1) is 6.20 Å². The number of hydrogen-bond donors (Lipinski definition) is 1. The van der Waals surface area contributed by atoms with E-state index in [2.05, 4.69) is 10.3 Å². The summed E-state index contributed by atoms with van der Waals surface area (Å²) >= 11 is 0. The minimum atomic E-state index is -0.412.